The van der Waals surface area contributed by atoms with E-state index in [2.05, 4.69) is 5.32 Å². The SMILES string of the molecule is NCC1CCCC1C(=O)Nc1ccc(Cl)c(Cl)c1. The lowest BCUT2D eigenvalue weighted by molar-refractivity contribution is -0.120. The van der Waals surface area contributed by atoms with Crippen molar-refractivity contribution in [3.8, 4) is 0 Å². The van der Waals surface area contributed by atoms with Crippen molar-refractivity contribution < 1.29 is 4.79 Å². The molecule has 2 rings (SSSR count). The van der Waals surface area contributed by atoms with Gasteiger partial charge in [0.05, 0.1) is 10.0 Å². The molecule has 2 atom stereocenters. The number of nitrogens with two attached hydrogens (primary N) is 1. The van der Waals surface area contributed by atoms with E-state index in [1.54, 1.807) is 18.2 Å². The minimum Gasteiger partial charge on any atom is -0.330 e. The number of halogens is 2. The molecule has 1 aromatic rings. The molecule has 0 saturated heterocycles. The van der Waals surface area contributed by atoms with Crippen LogP contribution < -0.4 is 11.1 Å². The standard InChI is InChI=1S/C13H16Cl2N2O/c14-11-5-4-9(6-12(11)15)17-13(18)10-3-1-2-8(10)7-16/h4-6,8,10H,1-3,7,16H2,(H,17,18). The van der Waals surface area contributed by atoms with E-state index in [1.165, 1.54) is 0 Å². The molecule has 1 saturated carbocycles. The molecular formula is C13H16Cl2N2O. The predicted molar refractivity (Wildman–Crippen MR) is 75.0 cm³/mol. The predicted octanol–water partition coefficient (Wildman–Crippen LogP) is 3.31. The zero-order chi connectivity index (χ0) is 13.1. The highest BCUT2D eigenvalue weighted by molar-refractivity contribution is 6.42. The average molecular weight is 287 g/mol. The van der Waals surface area contributed by atoms with Crippen LogP contribution >= 0.6 is 23.2 Å². The van der Waals surface area contributed by atoms with Crippen LogP contribution in [0.3, 0.4) is 0 Å². The summed E-state index contributed by atoms with van der Waals surface area (Å²) < 4.78 is 0. The lowest BCUT2D eigenvalue weighted by Gasteiger charge is -2.17. The molecule has 1 aromatic carbocycles. The van der Waals surface area contributed by atoms with Crippen LogP contribution in [0.15, 0.2) is 18.2 Å². The topological polar surface area (TPSA) is 55.1 Å². The molecule has 0 aromatic heterocycles. The van der Waals surface area contributed by atoms with Gasteiger partial charge in [-0.1, -0.05) is 29.6 Å². The van der Waals surface area contributed by atoms with Gasteiger partial charge in [-0.05, 0) is 43.5 Å². The third-order valence-electron chi connectivity index (χ3n) is 3.49. The van der Waals surface area contributed by atoms with Crippen molar-refractivity contribution in [2.24, 2.45) is 17.6 Å². The first kappa shape index (κ1) is 13.7. The van der Waals surface area contributed by atoms with Crippen molar-refractivity contribution in [1.29, 1.82) is 0 Å². The molecule has 1 aliphatic carbocycles. The number of amides is 1. The van der Waals surface area contributed by atoms with E-state index in [0.717, 1.165) is 19.3 Å². The van der Waals surface area contributed by atoms with Gasteiger partial charge in [0, 0.05) is 11.6 Å². The second-order valence-electron chi connectivity index (χ2n) is 4.65. The summed E-state index contributed by atoms with van der Waals surface area (Å²) in [6, 6.07) is 5.08. The lowest BCUT2D eigenvalue weighted by Crippen LogP contribution is -2.29. The smallest absolute Gasteiger partial charge is 0.227 e. The van der Waals surface area contributed by atoms with Crippen molar-refractivity contribution >= 4 is 34.8 Å². The van der Waals surface area contributed by atoms with E-state index >= 15 is 0 Å². The van der Waals surface area contributed by atoms with E-state index in [-0.39, 0.29) is 11.8 Å². The molecule has 1 fully saturated rings. The van der Waals surface area contributed by atoms with Gasteiger partial charge < -0.3 is 11.1 Å². The third-order valence-corrected chi connectivity index (χ3v) is 4.22. The Labute approximate surface area is 117 Å². The van der Waals surface area contributed by atoms with Crippen LogP contribution in [-0.4, -0.2) is 12.5 Å². The lowest BCUT2D eigenvalue weighted by atomic mass is 9.95. The normalized spacial score (nSPS) is 23.1. The molecular weight excluding hydrogens is 271 g/mol. The number of carbonyl (C=O) groups excluding carboxylic acids is 1. The van der Waals surface area contributed by atoms with Crippen LogP contribution in [0.5, 0.6) is 0 Å². The maximum Gasteiger partial charge on any atom is 0.227 e. The van der Waals surface area contributed by atoms with Crippen LogP contribution in [-0.2, 0) is 4.79 Å². The Morgan fingerprint density at radius 2 is 2.11 bits per heavy atom. The second-order valence-corrected chi connectivity index (χ2v) is 5.47. The zero-order valence-corrected chi connectivity index (χ0v) is 11.5. The summed E-state index contributed by atoms with van der Waals surface area (Å²) in [5.74, 6) is 0.346. The number of hydrogen-bond donors (Lipinski definition) is 2. The average Bonchev–Trinajstić information content (AvgIpc) is 2.82. The maximum absolute atomic E-state index is 12.1. The first-order chi connectivity index (χ1) is 8.61. The largest absolute Gasteiger partial charge is 0.330 e. The summed E-state index contributed by atoms with van der Waals surface area (Å²) in [5, 5.41) is 3.80. The van der Waals surface area contributed by atoms with Crippen molar-refractivity contribution in [2.45, 2.75) is 19.3 Å². The van der Waals surface area contributed by atoms with Crippen molar-refractivity contribution in [3.05, 3.63) is 28.2 Å². The number of anilines is 1. The molecule has 0 spiro atoms. The van der Waals surface area contributed by atoms with Gasteiger partial charge in [-0.3, -0.25) is 4.79 Å². The highest BCUT2D eigenvalue weighted by atomic mass is 35.5. The molecule has 0 heterocycles. The molecule has 18 heavy (non-hydrogen) atoms. The Bertz CT molecular complexity index is 451. The first-order valence-electron chi connectivity index (χ1n) is 6.08. The molecule has 0 aliphatic heterocycles. The number of carbonyl (C=O) groups is 1. The van der Waals surface area contributed by atoms with Crippen LogP contribution in [0.2, 0.25) is 10.0 Å². The van der Waals surface area contributed by atoms with Crippen molar-refractivity contribution in [1.82, 2.24) is 0 Å². The van der Waals surface area contributed by atoms with Crippen molar-refractivity contribution in [2.75, 3.05) is 11.9 Å². The van der Waals surface area contributed by atoms with Gasteiger partial charge in [0.2, 0.25) is 5.91 Å². The number of benzene rings is 1. The van der Waals surface area contributed by atoms with E-state index in [4.69, 9.17) is 28.9 Å². The molecule has 98 valence electrons. The van der Waals surface area contributed by atoms with E-state index in [1.807, 2.05) is 0 Å². The van der Waals surface area contributed by atoms with E-state index < -0.39 is 0 Å². The number of rotatable bonds is 3. The first-order valence-corrected chi connectivity index (χ1v) is 6.83. The monoisotopic (exact) mass is 286 g/mol. The maximum atomic E-state index is 12.1. The second kappa shape index (κ2) is 5.91. The van der Waals surface area contributed by atoms with Gasteiger partial charge in [-0.25, -0.2) is 0 Å². The van der Waals surface area contributed by atoms with Crippen LogP contribution in [0.4, 0.5) is 5.69 Å². The summed E-state index contributed by atoms with van der Waals surface area (Å²) in [6.07, 6.45) is 3.02. The van der Waals surface area contributed by atoms with Gasteiger partial charge in [-0.15, -0.1) is 0 Å². The molecule has 1 aliphatic rings. The fourth-order valence-electron chi connectivity index (χ4n) is 2.47. The van der Waals surface area contributed by atoms with E-state index in [9.17, 15) is 4.79 Å². The highest BCUT2D eigenvalue weighted by Gasteiger charge is 2.31. The zero-order valence-electron chi connectivity index (χ0n) is 9.96. The van der Waals surface area contributed by atoms with Crippen LogP contribution in [0, 0.1) is 11.8 Å². The molecule has 2 unspecified atom stereocenters. The molecule has 5 heteroatoms. The van der Waals surface area contributed by atoms with Crippen molar-refractivity contribution in [3.63, 3.8) is 0 Å². The van der Waals surface area contributed by atoms with Crippen LogP contribution in [0.25, 0.3) is 0 Å². The number of hydrogen-bond acceptors (Lipinski definition) is 2. The highest BCUT2D eigenvalue weighted by Crippen LogP contribution is 2.32. The van der Waals surface area contributed by atoms with Crippen LogP contribution in [0.1, 0.15) is 19.3 Å². The van der Waals surface area contributed by atoms with Gasteiger partial charge in [0.25, 0.3) is 0 Å². The van der Waals surface area contributed by atoms with Gasteiger partial charge in [0.15, 0.2) is 0 Å². The molecule has 0 bridgehead atoms. The Morgan fingerprint density at radius 3 is 2.78 bits per heavy atom. The van der Waals surface area contributed by atoms with Gasteiger partial charge in [-0.2, -0.15) is 0 Å². The summed E-state index contributed by atoms with van der Waals surface area (Å²) in [5.41, 5.74) is 6.36. The molecule has 3 N–H and O–H groups in total. The van der Waals surface area contributed by atoms with Gasteiger partial charge >= 0.3 is 0 Å². The molecule has 3 nitrogen and oxygen atoms in total. The minimum absolute atomic E-state index is 0.0180. The molecule has 0 radical (unpaired) electrons. The Morgan fingerprint density at radius 1 is 1.33 bits per heavy atom. The summed E-state index contributed by atoms with van der Waals surface area (Å²) in [4.78, 5) is 12.1. The van der Waals surface area contributed by atoms with E-state index in [0.29, 0.717) is 28.2 Å². The fourth-order valence-corrected chi connectivity index (χ4v) is 2.77. The quantitative estimate of drug-likeness (QED) is 0.896. The minimum atomic E-state index is 0.0180. The number of nitrogens with one attached hydrogen (secondary N) is 1. The Kier molecular flexibility index (Phi) is 4.49. The third kappa shape index (κ3) is 2.97. The summed E-state index contributed by atoms with van der Waals surface area (Å²) in [7, 11) is 0. The Balaban J connectivity index is 2.04. The summed E-state index contributed by atoms with van der Waals surface area (Å²) >= 11 is 11.7. The Hall–Kier alpha value is -0.770. The fraction of sp³-hybridized carbons (Fsp3) is 0.462. The summed E-state index contributed by atoms with van der Waals surface area (Å²) in [6.45, 7) is 0.569. The molecule has 1 amide bonds. The van der Waals surface area contributed by atoms with Gasteiger partial charge in [0.1, 0.15) is 0 Å².